The summed E-state index contributed by atoms with van der Waals surface area (Å²) >= 11 is 0. The van der Waals surface area contributed by atoms with Gasteiger partial charge in [-0.1, -0.05) is 0 Å². The first kappa shape index (κ1) is 11.4. The fourth-order valence-electron chi connectivity index (χ4n) is 2.36. The van der Waals surface area contributed by atoms with Gasteiger partial charge in [0.2, 0.25) is 5.91 Å². The molecule has 1 aliphatic heterocycles. The molecule has 0 aromatic heterocycles. The molecular weight excluding hydrogens is 202 g/mol. The van der Waals surface area contributed by atoms with Gasteiger partial charge in [-0.3, -0.25) is 4.79 Å². The summed E-state index contributed by atoms with van der Waals surface area (Å²) in [4.78, 5) is 16.2. The van der Waals surface area contributed by atoms with Crippen LogP contribution in [0.5, 0.6) is 0 Å². The van der Waals surface area contributed by atoms with Crippen molar-refractivity contribution in [2.24, 2.45) is 5.41 Å². The zero-order valence-electron chi connectivity index (χ0n) is 10.1. The lowest BCUT2D eigenvalue weighted by Crippen LogP contribution is -2.49. The molecule has 88 valence electrons. The summed E-state index contributed by atoms with van der Waals surface area (Å²) in [7, 11) is 4.10. The van der Waals surface area contributed by atoms with Gasteiger partial charge in [0.25, 0.3) is 0 Å². The summed E-state index contributed by atoms with van der Waals surface area (Å²) in [5, 5.41) is 9.02. The Kier molecular flexibility index (Phi) is 2.90. The number of nitrogens with zero attached hydrogens (tertiary/aromatic N) is 3. The molecule has 0 bridgehead atoms. The minimum atomic E-state index is -0.645. The third-order valence-corrected chi connectivity index (χ3v) is 3.79. The van der Waals surface area contributed by atoms with Crippen LogP contribution in [-0.4, -0.2) is 48.9 Å². The predicted molar refractivity (Wildman–Crippen MR) is 60.6 cm³/mol. The normalized spacial score (nSPS) is 27.6. The van der Waals surface area contributed by atoms with E-state index >= 15 is 0 Å². The predicted octanol–water partition coefficient (Wildman–Crippen LogP) is 0.843. The van der Waals surface area contributed by atoms with Crippen LogP contribution in [0.4, 0.5) is 0 Å². The first-order valence-electron chi connectivity index (χ1n) is 5.96. The quantitative estimate of drug-likeness (QED) is 0.694. The monoisotopic (exact) mass is 221 g/mol. The standard InChI is InChI=1S/C12H19N3O/c1-14(2)10-4-3-7-15(8-10)11(16)12(9-13)5-6-12/h10H,3-8H2,1-2H3. The van der Waals surface area contributed by atoms with Gasteiger partial charge < -0.3 is 9.80 Å². The molecular formula is C12H19N3O. The highest BCUT2D eigenvalue weighted by molar-refractivity contribution is 5.88. The van der Waals surface area contributed by atoms with Gasteiger partial charge in [0.15, 0.2) is 0 Å². The van der Waals surface area contributed by atoms with E-state index in [1.54, 1.807) is 0 Å². The van der Waals surface area contributed by atoms with Gasteiger partial charge >= 0.3 is 0 Å². The molecule has 1 saturated heterocycles. The summed E-state index contributed by atoms with van der Waals surface area (Å²) in [6.07, 6.45) is 3.71. The lowest BCUT2D eigenvalue weighted by molar-refractivity contribution is -0.136. The Labute approximate surface area is 96.8 Å². The highest BCUT2D eigenvalue weighted by Crippen LogP contribution is 2.46. The lowest BCUT2D eigenvalue weighted by Gasteiger charge is -2.37. The molecule has 0 N–H and O–H groups in total. The Balaban J connectivity index is 2.00. The molecule has 2 aliphatic rings. The zero-order valence-corrected chi connectivity index (χ0v) is 10.1. The first-order chi connectivity index (χ1) is 7.59. The van der Waals surface area contributed by atoms with Crippen molar-refractivity contribution >= 4 is 5.91 Å². The summed E-state index contributed by atoms with van der Waals surface area (Å²) < 4.78 is 0. The van der Waals surface area contributed by atoms with Crippen LogP contribution >= 0.6 is 0 Å². The second-order valence-corrected chi connectivity index (χ2v) is 5.20. The molecule has 1 heterocycles. The minimum Gasteiger partial charge on any atom is -0.340 e. The van der Waals surface area contributed by atoms with E-state index in [0.717, 1.165) is 38.8 Å². The molecule has 1 unspecified atom stereocenters. The van der Waals surface area contributed by atoms with Crippen LogP contribution in [0.25, 0.3) is 0 Å². The number of likely N-dealkylation sites (tertiary alicyclic amines) is 1. The first-order valence-corrected chi connectivity index (χ1v) is 5.96. The van der Waals surface area contributed by atoms with E-state index in [-0.39, 0.29) is 5.91 Å². The Bertz CT molecular complexity index is 328. The van der Waals surface area contributed by atoms with E-state index < -0.39 is 5.41 Å². The summed E-state index contributed by atoms with van der Waals surface area (Å²) in [5.41, 5.74) is -0.645. The molecule has 1 saturated carbocycles. The van der Waals surface area contributed by atoms with Crippen molar-refractivity contribution in [2.45, 2.75) is 31.7 Å². The van der Waals surface area contributed by atoms with Crippen LogP contribution in [0.3, 0.4) is 0 Å². The van der Waals surface area contributed by atoms with Crippen molar-refractivity contribution < 1.29 is 4.79 Å². The molecule has 0 aromatic rings. The number of hydrogen-bond donors (Lipinski definition) is 0. The molecule has 1 atom stereocenters. The van der Waals surface area contributed by atoms with Gasteiger partial charge in [-0.25, -0.2) is 0 Å². The zero-order chi connectivity index (χ0) is 11.8. The maximum absolute atomic E-state index is 12.2. The molecule has 16 heavy (non-hydrogen) atoms. The van der Waals surface area contributed by atoms with Gasteiger partial charge in [-0.05, 0) is 39.8 Å². The van der Waals surface area contributed by atoms with Crippen LogP contribution in [-0.2, 0) is 4.79 Å². The van der Waals surface area contributed by atoms with Crippen LogP contribution in [0, 0.1) is 16.7 Å². The molecule has 2 fully saturated rings. The van der Waals surface area contributed by atoms with E-state index in [9.17, 15) is 4.79 Å². The number of piperidine rings is 1. The highest BCUT2D eigenvalue weighted by Gasteiger charge is 2.52. The smallest absolute Gasteiger partial charge is 0.243 e. The molecule has 4 nitrogen and oxygen atoms in total. The Hall–Kier alpha value is -1.08. The van der Waals surface area contributed by atoms with Crippen LogP contribution in [0.1, 0.15) is 25.7 Å². The molecule has 1 amide bonds. The summed E-state index contributed by atoms with van der Waals surface area (Å²) in [6.45, 7) is 1.61. The fourth-order valence-corrected chi connectivity index (χ4v) is 2.36. The van der Waals surface area contributed by atoms with Crippen molar-refractivity contribution in [3.8, 4) is 6.07 Å². The molecule has 1 aliphatic carbocycles. The second-order valence-electron chi connectivity index (χ2n) is 5.20. The number of nitriles is 1. The Morgan fingerprint density at radius 1 is 1.50 bits per heavy atom. The maximum Gasteiger partial charge on any atom is 0.243 e. The van der Waals surface area contributed by atoms with E-state index in [0.29, 0.717) is 6.04 Å². The molecule has 0 radical (unpaired) electrons. The maximum atomic E-state index is 12.2. The number of carbonyl (C=O) groups is 1. The largest absolute Gasteiger partial charge is 0.340 e. The number of hydrogen-bond acceptors (Lipinski definition) is 3. The van der Waals surface area contributed by atoms with Gasteiger partial charge in [0.1, 0.15) is 5.41 Å². The van der Waals surface area contributed by atoms with Gasteiger partial charge in [0.05, 0.1) is 6.07 Å². The van der Waals surface area contributed by atoms with Crippen molar-refractivity contribution in [3.63, 3.8) is 0 Å². The Morgan fingerprint density at radius 3 is 2.69 bits per heavy atom. The Morgan fingerprint density at radius 2 is 2.19 bits per heavy atom. The highest BCUT2D eigenvalue weighted by atomic mass is 16.2. The van der Waals surface area contributed by atoms with Gasteiger partial charge in [-0.15, -0.1) is 0 Å². The third kappa shape index (κ3) is 1.92. The topological polar surface area (TPSA) is 47.3 Å². The second kappa shape index (κ2) is 4.06. The average molecular weight is 221 g/mol. The van der Waals surface area contributed by atoms with Crippen molar-refractivity contribution in [2.75, 3.05) is 27.2 Å². The molecule has 4 heteroatoms. The summed E-state index contributed by atoms with van der Waals surface area (Å²) in [6, 6.07) is 2.64. The van der Waals surface area contributed by atoms with Crippen molar-refractivity contribution in [3.05, 3.63) is 0 Å². The molecule has 2 rings (SSSR count). The number of amides is 1. The summed E-state index contributed by atoms with van der Waals surface area (Å²) in [5.74, 6) is 0.0709. The fraction of sp³-hybridized carbons (Fsp3) is 0.833. The molecule has 0 spiro atoms. The van der Waals surface area contributed by atoms with E-state index in [4.69, 9.17) is 5.26 Å². The van der Waals surface area contributed by atoms with Gasteiger partial charge in [0, 0.05) is 19.1 Å². The van der Waals surface area contributed by atoms with E-state index in [1.165, 1.54) is 0 Å². The lowest BCUT2D eigenvalue weighted by atomic mass is 10.0. The number of rotatable bonds is 2. The van der Waals surface area contributed by atoms with Gasteiger partial charge in [-0.2, -0.15) is 5.26 Å². The third-order valence-electron chi connectivity index (χ3n) is 3.79. The average Bonchev–Trinajstić information content (AvgIpc) is 3.09. The van der Waals surface area contributed by atoms with Crippen LogP contribution < -0.4 is 0 Å². The number of likely N-dealkylation sites (N-methyl/N-ethyl adjacent to an activating group) is 1. The van der Waals surface area contributed by atoms with E-state index in [2.05, 4.69) is 25.1 Å². The van der Waals surface area contributed by atoms with Crippen molar-refractivity contribution in [1.29, 1.82) is 5.26 Å². The number of carbonyl (C=O) groups excluding carboxylic acids is 1. The molecule has 0 aromatic carbocycles. The minimum absolute atomic E-state index is 0.0709. The SMILES string of the molecule is CN(C)C1CCCN(C(=O)C2(C#N)CC2)C1. The van der Waals surface area contributed by atoms with E-state index in [1.807, 2.05) is 4.90 Å². The van der Waals surface area contributed by atoms with Crippen LogP contribution in [0.15, 0.2) is 0 Å². The van der Waals surface area contributed by atoms with Crippen molar-refractivity contribution in [1.82, 2.24) is 9.80 Å². The van der Waals surface area contributed by atoms with Crippen LogP contribution in [0.2, 0.25) is 0 Å².